The summed E-state index contributed by atoms with van der Waals surface area (Å²) >= 11 is 0. The summed E-state index contributed by atoms with van der Waals surface area (Å²) in [4.78, 5) is 11.2. The number of hydrogen-bond donors (Lipinski definition) is 0. The van der Waals surface area contributed by atoms with Crippen LogP contribution in [0.25, 0.3) is 0 Å². The molecule has 0 aromatic heterocycles. The molecule has 0 saturated heterocycles. The Labute approximate surface area is 104 Å². The van der Waals surface area contributed by atoms with Gasteiger partial charge in [0.05, 0.1) is 12.2 Å². The van der Waals surface area contributed by atoms with Crippen molar-refractivity contribution in [2.24, 2.45) is 0 Å². The maximum atomic E-state index is 12.8. The lowest BCUT2D eigenvalue weighted by molar-refractivity contribution is -0.144. The Bertz CT molecular complexity index is 425. The van der Waals surface area contributed by atoms with Crippen molar-refractivity contribution >= 4 is 5.97 Å². The van der Waals surface area contributed by atoms with Crippen molar-refractivity contribution in [3.63, 3.8) is 0 Å². The molecule has 0 unspecified atom stereocenters. The van der Waals surface area contributed by atoms with Crippen LogP contribution in [0.3, 0.4) is 0 Å². The van der Waals surface area contributed by atoms with E-state index in [4.69, 9.17) is 4.74 Å². The predicted octanol–water partition coefficient (Wildman–Crippen LogP) is 3.51. The van der Waals surface area contributed by atoms with E-state index in [1.807, 2.05) is 0 Å². The molecular weight excluding hydrogens is 245 g/mol. The average molecular weight is 260 g/mol. The third-order valence-electron chi connectivity index (χ3n) is 2.60. The normalized spacial score (nSPS) is 11.4. The summed E-state index contributed by atoms with van der Waals surface area (Å²) in [6.45, 7) is 3.50. The van der Waals surface area contributed by atoms with Crippen molar-refractivity contribution < 1.29 is 22.7 Å². The third kappa shape index (κ3) is 3.75. The number of benzene rings is 1. The summed E-state index contributed by atoms with van der Waals surface area (Å²) in [5, 5.41) is 0. The molecule has 1 rings (SSSR count). The number of ether oxygens (including phenoxy) is 1. The molecule has 18 heavy (non-hydrogen) atoms. The number of alkyl halides is 3. The molecule has 0 saturated carbocycles. The first-order valence-electron chi connectivity index (χ1n) is 5.67. The predicted molar refractivity (Wildman–Crippen MR) is 61.1 cm³/mol. The lowest BCUT2D eigenvalue weighted by Gasteiger charge is -2.14. The Morgan fingerprint density at radius 1 is 1.33 bits per heavy atom. The Kier molecular flexibility index (Phi) is 4.76. The third-order valence-corrected chi connectivity index (χ3v) is 2.60. The van der Waals surface area contributed by atoms with Gasteiger partial charge in [0, 0.05) is 6.42 Å². The summed E-state index contributed by atoms with van der Waals surface area (Å²) < 4.78 is 43.1. The number of carbonyl (C=O) groups excluding carboxylic acids is 1. The minimum atomic E-state index is -4.39. The van der Waals surface area contributed by atoms with Crippen LogP contribution in [-0.2, 0) is 22.1 Å². The highest BCUT2D eigenvalue weighted by molar-refractivity contribution is 5.69. The smallest absolute Gasteiger partial charge is 0.416 e. The van der Waals surface area contributed by atoms with E-state index in [0.29, 0.717) is 5.56 Å². The number of esters is 1. The molecule has 0 bridgehead atoms. The molecule has 1 aromatic carbocycles. The van der Waals surface area contributed by atoms with Gasteiger partial charge in [-0.1, -0.05) is 12.1 Å². The molecule has 0 amide bonds. The van der Waals surface area contributed by atoms with E-state index in [1.165, 1.54) is 6.07 Å². The van der Waals surface area contributed by atoms with E-state index in [2.05, 4.69) is 0 Å². The Hall–Kier alpha value is -1.52. The first-order chi connectivity index (χ1) is 8.36. The van der Waals surface area contributed by atoms with Crippen molar-refractivity contribution in [1.82, 2.24) is 0 Å². The first-order valence-corrected chi connectivity index (χ1v) is 5.67. The Morgan fingerprint density at radius 2 is 2.00 bits per heavy atom. The summed E-state index contributed by atoms with van der Waals surface area (Å²) in [6.07, 6.45) is -4.39. The van der Waals surface area contributed by atoms with E-state index in [0.717, 1.165) is 6.07 Å². The summed E-state index contributed by atoms with van der Waals surface area (Å²) in [5.74, 6) is -0.478. The maximum Gasteiger partial charge on any atom is 0.416 e. The summed E-state index contributed by atoms with van der Waals surface area (Å²) in [5.41, 5.74) is 0.0268. The standard InChI is InChI=1S/C13H15F3O2/c1-3-18-12(17)8-7-10-9(2)5-4-6-11(10)13(14,15)16/h4-6H,3,7-8H2,1-2H3. The molecule has 5 heteroatoms. The van der Waals surface area contributed by atoms with Gasteiger partial charge in [-0.05, 0) is 37.5 Å². The van der Waals surface area contributed by atoms with Crippen LogP contribution < -0.4 is 0 Å². The second-order valence-corrected chi connectivity index (χ2v) is 3.90. The van der Waals surface area contributed by atoms with Crippen LogP contribution in [0, 0.1) is 6.92 Å². The van der Waals surface area contributed by atoms with Crippen LogP contribution in [0.2, 0.25) is 0 Å². The van der Waals surface area contributed by atoms with E-state index < -0.39 is 17.7 Å². The quantitative estimate of drug-likeness (QED) is 0.774. The van der Waals surface area contributed by atoms with E-state index in [1.54, 1.807) is 19.9 Å². The van der Waals surface area contributed by atoms with Crippen LogP contribution >= 0.6 is 0 Å². The molecule has 2 nitrogen and oxygen atoms in total. The van der Waals surface area contributed by atoms with E-state index in [-0.39, 0.29) is 25.0 Å². The second kappa shape index (κ2) is 5.89. The van der Waals surface area contributed by atoms with Crippen LogP contribution in [0.15, 0.2) is 18.2 Å². The van der Waals surface area contributed by atoms with Gasteiger partial charge in [-0.3, -0.25) is 4.79 Å². The van der Waals surface area contributed by atoms with Crippen LogP contribution in [0.4, 0.5) is 13.2 Å². The molecule has 0 radical (unpaired) electrons. The Balaban J connectivity index is 2.90. The second-order valence-electron chi connectivity index (χ2n) is 3.90. The number of hydrogen-bond acceptors (Lipinski definition) is 2. The van der Waals surface area contributed by atoms with Gasteiger partial charge in [-0.2, -0.15) is 13.2 Å². The lowest BCUT2D eigenvalue weighted by atomic mass is 9.97. The first kappa shape index (κ1) is 14.5. The fraction of sp³-hybridized carbons (Fsp3) is 0.462. The minimum Gasteiger partial charge on any atom is -0.466 e. The molecule has 0 aliphatic rings. The van der Waals surface area contributed by atoms with Gasteiger partial charge >= 0.3 is 12.1 Å². The fourth-order valence-corrected chi connectivity index (χ4v) is 1.76. The lowest BCUT2D eigenvalue weighted by Crippen LogP contribution is -2.12. The SMILES string of the molecule is CCOC(=O)CCc1c(C)cccc1C(F)(F)F. The summed E-state index contributed by atoms with van der Waals surface area (Å²) in [6, 6.07) is 4.01. The molecule has 100 valence electrons. The molecule has 0 spiro atoms. The number of rotatable bonds is 4. The molecular formula is C13H15F3O2. The molecule has 1 aromatic rings. The molecule has 0 heterocycles. The van der Waals surface area contributed by atoms with Crippen LogP contribution in [0.1, 0.15) is 30.0 Å². The zero-order valence-electron chi connectivity index (χ0n) is 10.3. The molecule has 0 fully saturated rings. The molecule has 0 aliphatic carbocycles. The van der Waals surface area contributed by atoms with Gasteiger partial charge in [-0.25, -0.2) is 0 Å². The maximum absolute atomic E-state index is 12.8. The van der Waals surface area contributed by atoms with Gasteiger partial charge in [0.25, 0.3) is 0 Å². The van der Waals surface area contributed by atoms with Crippen molar-refractivity contribution in [1.29, 1.82) is 0 Å². The molecule has 0 N–H and O–H groups in total. The van der Waals surface area contributed by atoms with E-state index in [9.17, 15) is 18.0 Å². The number of halogens is 3. The number of carbonyl (C=O) groups is 1. The van der Waals surface area contributed by atoms with Crippen molar-refractivity contribution in [3.05, 3.63) is 34.9 Å². The van der Waals surface area contributed by atoms with Gasteiger partial charge in [0.15, 0.2) is 0 Å². The Morgan fingerprint density at radius 3 is 2.56 bits per heavy atom. The van der Waals surface area contributed by atoms with Crippen molar-refractivity contribution in [2.75, 3.05) is 6.61 Å². The van der Waals surface area contributed by atoms with Crippen LogP contribution in [-0.4, -0.2) is 12.6 Å². The van der Waals surface area contributed by atoms with Crippen molar-refractivity contribution in [3.8, 4) is 0 Å². The highest BCUT2D eigenvalue weighted by atomic mass is 19.4. The zero-order valence-corrected chi connectivity index (χ0v) is 10.3. The molecule has 0 atom stereocenters. The topological polar surface area (TPSA) is 26.3 Å². The highest BCUT2D eigenvalue weighted by Crippen LogP contribution is 2.33. The highest BCUT2D eigenvalue weighted by Gasteiger charge is 2.33. The van der Waals surface area contributed by atoms with Gasteiger partial charge in [-0.15, -0.1) is 0 Å². The average Bonchev–Trinajstić information content (AvgIpc) is 2.26. The minimum absolute atomic E-state index is 0.0399. The van der Waals surface area contributed by atoms with Gasteiger partial charge in [0.2, 0.25) is 0 Å². The fourth-order valence-electron chi connectivity index (χ4n) is 1.76. The largest absolute Gasteiger partial charge is 0.466 e. The van der Waals surface area contributed by atoms with E-state index >= 15 is 0 Å². The number of aryl methyl sites for hydroxylation is 1. The van der Waals surface area contributed by atoms with Gasteiger partial charge < -0.3 is 4.74 Å². The molecule has 0 aliphatic heterocycles. The summed E-state index contributed by atoms with van der Waals surface area (Å²) in [7, 11) is 0. The monoisotopic (exact) mass is 260 g/mol. The zero-order chi connectivity index (χ0) is 13.8. The van der Waals surface area contributed by atoms with Crippen LogP contribution in [0.5, 0.6) is 0 Å². The van der Waals surface area contributed by atoms with Gasteiger partial charge in [0.1, 0.15) is 0 Å². The van der Waals surface area contributed by atoms with Crippen molar-refractivity contribution in [2.45, 2.75) is 32.9 Å².